The smallest absolute Gasteiger partial charge is 0.414 e. The van der Waals surface area contributed by atoms with Crippen molar-refractivity contribution in [3.63, 3.8) is 0 Å². The van der Waals surface area contributed by atoms with Crippen molar-refractivity contribution in [2.24, 2.45) is 0 Å². The molecule has 2 unspecified atom stereocenters. The van der Waals surface area contributed by atoms with Crippen molar-refractivity contribution in [3.05, 3.63) is 108 Å². The Morgan fingerprint density at radius 3 is 1.56 bits per heavy atom. The van der Waals surface area contributed by atoms with Crippen molar-refractivity contribution in [3.8, 4) is 22.3 Å². The lowest BCUT2D eigenvalue weighted by Gasteiger charge is -2.50. The Labute approximate surface area is 487 Å². The van der Waals surface area contributed by atoms with Gasteiger partial charge in [0.2, 0.25) is 5.66 Å². The number of carboxylic acids is 2. The van der Waals surface area contributed by atoms with Gasteiger partial charge in [-0.2, -0.15) is 23.5 Å². The van der Waals surface area contributed by atoms with E-state index in [1.54, 1.807) is 90.1 Å². The number of piperidine rings is 2. The van der Waals surface area contributed by atoms with E-state index in [-0.39, 0.29) is 49.2 Å². The highest BCUT2D eigenvalue weighted by Crippen LogP contribution is 2.41. The molecular weight excluding hydrogens is 1100 g/mol. The number of nitrogens with zero attached hydrogens (tertiary/aromatic N) is 3. The number of esters is 1. The number of likely N-dealkylation sites (tertiary alicyclic amines) is 1. The van der Waals surface area contributed by atoms with E-state index in [9.17, 15) is 58.8 Å². The van der Waals surface area contributed by atoms with Gasteiger partial charge in [-0.25, -0.2) is 33.7 Å². The van der Waals surface area contributed by atoms with Gasteiger partial charge in [-0.05, 0) is 176 Å². The normalized spacial score (nSPS) is 16.8. The number of rotatable bonds is 19. The number of ether oxygens (including phenoxy) is 2. The molecule has 20 nitrogen and oxygen atoms in total. The zero-order chi connectivity index (χ0) is 59.0. The van der Waals surface area contributed by atoms with Gasteiger partial charge in [0.1, 0.15) is 23.3 Å². The molecule has 2 saturated heterocycles. The predicted molar refractivity (Wildman–Crippen MR) is 317 cm³/mol. The molecular formula is C58H75ClN6O14S2. The van der Waals surface area contributed by atoms with Gasteiger partial charge in [0.05, 0.1) is 11.9 Å². The maximum atomic E-state index is 14.2. The average molecular weight is 1180 g/mol. The van der Waals surface area contributed by atoms with E-state index in [1.807, 2.05) is 42.8 Å². The van der Waals surface area contributed by atoms with Crippen molar-refractivity contribution in [2.45, 2.75) is 128 Å². The largest absolute Gasteiger partial charge is 0.480 e. The van der Waals surface area contributed by atoms with Crippen molar-refractivity contribution in [2.75, 3.05) is 46.9 Å². The van der Waals surface area contributed by atoms with Crippen LogP contribution < -0.4 is 25.8 Å². The predicted octanol–water partition coefficient (Wildman–Crippen LogP) is 10.5. The van der Waals surface area contributed by atoms with E-state index < -0.39 is 77.0 Å². The molecule has 6 rings (SSSR count). The van der Waals surface area contributed by atoms with Gasteiger partial charge in [0.25, 0.3) is 11.8 Å². The van der Waals surface area contributed by atoms with Gasteiger partial charge < -0.3 is 40.5 Å². The number of thioether (sulfide) groups is 2. The number of nitrogens with one attached hydrogen (secondary N) is 3. The lowest BCUT2D eigenvalue weighted by molar-refractivity contribution is -0.171. The number of carbonyl (C=O) groups excluding carboxylic acids is 4. The molecule has 0 radical (unpaired) electrons. The molecule has 4 aromatic carbocycles. The van der Waals surface area contributed by atoms with E-state index in [0.717, 1.165) is 34.7 Å². The second-order valence-corrected chi connectivity index (χ2v) is 23.1. The highest BCUT2D eigenvalue weighted by Gasteiger charge is 2.58. The van der Waals surface area contributed by atoms with Crippen LogP contribution in [0.2, 0.25) is 0 Å². The minimum absolute atomic E-state index is 0. The van der Waals surface area contributed by atoms with Crippen molar-refractivity contribution >= 4 is 95.3 Å². The molecule has 2 fully saturated rings. The van der Waals surface area contributed by atoms with Crippen LogP contribution in [0.1, 0.15) is 114 Å². The topological polar surface area (TPSA) is 282 Å². The average Bonchev–Trinajstić information content (AvgIpc) is 3.40. The molecule has 440 valence electrons. The van der Waals surface area contributed by atoms with Crippen LogP contribution in [0, 0.1) is 0 Å². The number of benzene rings is 4. The molecule has 81 heavy (non-hydrogen) atoms. The van der Waals surface area contributed by atoms with Crippen LogP contribution in [0.4, 0.5) is 25.8 Å². The summed E-state index contributed by atoms with van der Waals surface area (Å²) in [5.41, 5.74) is -1.17. The maximum Gasteiger partial charge on any atom is 0.414 e. The van der Waals surface area contributed by atoms with Crippen LogP contribution in [0.5, 0.6) is 0 Å². The molecule has 23 heteroatoms. The molecule has 0 aliphatic carbocycles. The number of carbonyl (C=O) groups is 8. The molecule has 2 aliphatic heterocycles. The van der Waals surface area contributed by atoms with Gasteiger partial charge in [0.15, 0.2) is 0 Å². The van der Waals surface area contributed by atoms with Crippen LogP contribution in [-0.4, -0.2) is 146 Å². The molecule has 2 heterocycles. The molecule has 0 spiro atoms. The Morgan fingerprint density at radius 2 is 1.14 bits per heavy atom. The summed E-state index contributed by atoms with van der Waals surface area (Å²) >= 11 is 2.96. The highest BCUT2D eigenvalue weighted by molar-refractivity contribution is 7.98. The van der Waals surface area contributed by atoms with Crippen LogP contribution in [-0.2, 0) is 23.9 Å². The quantitative estimate of drug-likeness (QED) is 0.0430. The first kappa shape index (κ1) is 66.5. The van der Waals surface area contributed by atoms with E-state index in [1.165, 1.54) is 46.6 Å². The van der Waals surface area contributed by atoms with Crippen LogP contribution >= 0.6 is 35.9 Å². The third-order valence-corrected chi connectivity index (χ3v) is 14.2. The molecule has 7 N–H and O–H groups in total. The summed E-state index contributed by atoms with van der Waals surface area (Å²) in [4.78, 5) is 107. The number of hydrogen-bond donors (Lipinski definition) is 7. The van der Waals surface area contributed by atoms with Crippen molar-refractivity contribution < 1.29 is 68.3 Å². The fraction of sp³-hybridized carbons (Fsp3) is 0.448. The molecule has 0 bridgehead atoms. The van der Waals surface area contributed by atoms with Crippen LogP contribution in [0.3, 0.4) is 0 Å². The summed E-state index contributed by atoms with van der Waals surface area (Å²) in [6.07, 6.45) is 3.84. The third kappa shape index (κ3) is 18.0. The summed E-state index contributed by atoms with van der Waals surface area (Å²) in [7, 11) is 0. The molecule has 5 amide bonds. The molecule has 4 atom stereocenters. The van der Waals surface area contributed by atoms with E-state index in [4.69, 9.17) is 9.47 Å². The second-order valence-electron chi connectivity index (χ2n) is 21.1. The maximum absolute atomic E-state index is 14.2. The summed E-state index contributed by atoms with van der Waals surface area (Å²) in [6.45, 7) is 10.7. The summed E-state index contributed by atoms with van der Waals surface area (Å²) in [5.74, 6) is -3.27. The lowest BCUT2D eigenvalue weighted by Crippen LogP contribution is -2.71. The third-order valence-electron chi connectivity index (χ3n) is 12.9. The number of aliphatic carboxylic acids is 2. The highest BCUT2D eigenvalue weighted by atomic mass is 35.5. The van der Waals surface area contributed by atoms with Gasteiger partial charge in [-0.1, -0.05) is 60.7 Å². The zero-order valence-electron chi connectivity index (χ0n) is 46.9. The summed E-state index contributed by atoms with van der Waals surface area (Å²) in [5, 5.41) is 48.4. The number of halogens is 1. The molecule has 0 saturated carbocycles. The minimum Gasteiger partial charge on any atom is -0.480 e. The Balaban J connectivity index is 0.000000365. The first-order valence-electron chi connectivity index (χ1n) is 26.3. The first-order chi connectivity index (χ1) is 37.8. The Bertz CT molecular complexity index is 2830. The van der Waals surface area contributed by atoms with Crippen molar-refractivity contribution in [1.82, 2.24) is 20.9 Å². The van der Waals surface area contributed by atoms with Gasteiger partial charge in [0, 0.05) is 29.8 Å². The molecule has 4 aromatic rings. The Hall–Kier alpha value is -7.01. The number of hydrogen-bond acceptors (Lipinski definition) is 13. The van der Waals surface area contributed by atoms with Gasteiger partial charge >= 0.3 is 36.2 Å². The zero-order valence-corrected chi connectivity index (χ0v) is 49.3. The number of amides is 5. The van der Waals surface area contributed by atoms with E-state index >= 15 is 0 Å². The van der Waals surface area contributed by atoms with Gasteiger partial charge in [-0.15, -0.1) is 12.4 Å². The van der Waals surface area contributed by atoms with Crippen LogP contribution in [0.25, 0.3) is 22.3 Å². The van der Waals surface area contributed by atoms with Crippen molar-refractivity contribution in [1.29, 1.82) is 0 Å². The lowest BCUT2D eigenvalue weighted by atomic mass is 9.91. The number of carboxylic acid groups (broad SMARTS) is 4. The Kier molecular flexibility index (Phi) is 24.8. The fourth-order valence-electron chi connectivity index (χ4n) is 9.30. The second kappa shape index (κ2) is 30.2. The standard InChI is InChI=1S/C34H45N3O9S.C24H29N3O5S.ClH/c1-32(2,3)45-29(41)34(18-11-12-19-36(34)31(44)46-33(4,5)6)37(30(42)43)23-15-16-24(25(21-23)22-13-9-8-10-14-22)27(38)35-26(28(39)40)17-20-47-7;1-33-14-12-20(23(29)30)26-22(28)18-11-10-17(15-19(18)16-7-3-2-4-8-16)27(24(31)32)21-9-5-6-13-25-21;/h8-10,13-16,21,26H,11-12,17-20H2,1-7H3,(H,35,38)(H,39,40)(H,42,43);2-4,7-8,10-11,15,20-21,25H,5-6,9,12-14H2,1H3,(H,26,28)(H,29,30)(H,31,32);1H/t26-,34?;20-,21?;/m00./s1. The summed E-state index contributed by atoms with van der Waals surface area (Å²) in [6, 6.07) is 24.8. The SMILES string of the molecule is CSCC[C@H](NC(=O)c1ccc(N(C(=O)O)C2(C(=O)OC(C)(C)C)CCCCN2C(=O)OC(C)(C)C)cc1-c1ccccc1)C(=O)O.CSCC[C@H](NC(=O)c1ccc(N(C(=O)O)C2CCCCN2)cc1-c1ccccc1)C(=O)O.Cl. The monoisotopic (exact) mass is 1180 g/mol. The fourth-order valence-corrected chi connectivity index (χ4v) is 10.2. The molecule has 2 aliphatic rings. The summed E-state index contributed by atoms with van der Waals surface area (Å²) < 4.78 is 11.5. The minimum atomic E-state index is -2.15. The molecule has 0 aromatic heterocycles. The first-order valence-corrected chi connectivity index (χ1v) is 29.1. The van der Waals surface area contributed by atoms with Crippen LogP contribution in [0.15, 0.2) is 97.1 Å². The van der Waals surface area contributed by atoms with E-state index in [0.29, 0.717) is 65.1 Å². The van der Waals surface area contributed by atoms with Gasteiger partial charge in [-0.3, -0.25) is 24.7 Å². The van der Waals surface area contributed by atoms with E-state index in [2.05, 4.69) is 16.0 Å². The Morgan fingerprint density at radius 1 is 0.654 bits per heavy atom. The number of anilines is 2.